The highest BCUT2D eigenvalue weighted by Gasteiger charge is 2.27. The number of carbonyl (C=O) groups is 1. The molecule has 1 aromatic rings. The Hall–Kier alpha value is -0.480. The lowest BCUT2D eigenvalue weighted by Gasteiger charge is -2.24. The molecular weight excluding hydrogens is 310 g/mol. The van der Waals surface area contributed by atoms with Crippen LogP contribution in [0.5, 0.6) is 0 Å². The number of benzene rings is 1. The number of hydrogen-bond acceptors (Lipinski definition) is 2. The summed E-state index contributed by atoms with van der Waals surface area (Å²) in [6.45, 7) is 1.51. The first-order valence-electron chi connectivity index (χ1n) is 6.31. The smallest absolute Gasteiger partial charge is 0.236 e. The van der Waals surface area contributed by atoms with Gasteiger partial charge in [0.15, 0.2) is 0 Å². The molecule has 98 valence electrons. The minimum atomic E-state index is 0.188. The maximum absolute atomic E-state index is 12.4. The van der Waals surface area contributed by atoms with E-state index in [1.807, 2.05) is 34.9 Å². The monoisotopic (exact) mass is 327 g/mol. The van der Waals surface area contributed by atoms with Crippen molar-refractivity contribution in [2.24, 2.45) is 0 Å². The maximum Gasteiger partial charge on any atom is 0.236 e. The van der Waals surface area contributed by atoms with Gasteiger partial charge in [-0.15, -0.1) is 11.8 Å². The predicted octanol–water partition coefficient (Wildman–Crippen LogP) is 3.31. The molecule has 0 aromatic heterocycles. The maximum atomic E-state index is 12.4. The molecule has 1 fully saturated rings. The van der Waals surface area contributed by atoms with Crippen LogP contribution in [0, 0.1) is 0 Å². The standard InChI is InChI=1S/C14H18BrNOS/c15-8-9-16(11-12-5-2-1-3-6-12)14(17)13-7-4-10-18-13/h1-3,5-6,13H,4,7-11H2. The van der Waals surface area contributed by atoms with Crippen molar-refractivity contribution in [2.45, 2.75) is 24.6 Å². The van der Waals surface area contributed by atoms with Gasteiger partial charge in [0, 0.05) is 18.4 Å². The fraction of sp³-hybridized carbons (Fsp3) is 0.500. The van der Waals surface area contributed by atoms with E-state index in [9.17, 15) is 4.79 Å². The number of alkyl halides is 1. The summed E-state index contributed by atoms with van der Waals surface area (Å²) in [6.07, 6.45) is 2.21. The summed E-state index contributed by atoms with van der Waals surface area (Å²) in [5.41, 5.74) is 1.20. The minimum absolute atomic E-state index is 0.188. The molecule has 0 spiro atoms. The predicted molar refractivity (Wildman–Crippen MR) is 81.1 cm³/mol. The number of rotatable bonds is 5. The van der Waals surface area contributed by atoms with Crippen LogP contribution in [0.15, 0.2) is 30.3 Å². The third-order valence-corrected chi connectivity index (χ3v) is 4.81. The van der Waals surface area contributed by atoms with Gasteiger partial charge < -0.3 is 4.90 Å². The number of nitrogens with zero attached hydrogens (tertiary/aromatic N) is 1. The van der Waals surface area contributed by atoms with Gasteiger partial charge >= 0.3 is 0 Å². The van der Waals surface area contributed by atoms with Crippen molar-refractivity contribution in [3.8, 4) is 0 Å². The van der Waals surface area contributed by atoms with Crippen molar-refractivity contribution < 1.29 is 4.79 Å². The quantitative estimate of drug-likeness (QED) is 0.773. The Kier molecular flexibility index (Phi) is 5.57. The van der Waals surface area contributed by atoms with Gasteiger partial charge in [-0.25, -0.2) is 0 Å². The number of amides is 1. The fourth-order valence-electron chi connectivity index (χ4n) is 2.15. The zero-order valence-corrected chi connectivity index (χ0v) is 12.8. The first-order valence-corrected chi connectivity index (χ1v) is 8.48. The van der Waals surface area contributed by atoms with E-state index in [1.165, 1.54) is 12.0 Å². The van der Waals surface area contributed by atoms with Gasteiger partial charge in [-0.05, 0) is 24.2 Å². The molecule has 1 atom stereocenters. The molecule has 1 aromatic carbocycles. The van der Waals surface area contributed by atoms with Gasteiger partial charge in [-0.3, -0.25) is 4.79 Å². The van der Waals surface area contributed by atoms with Crippen molar-refractivity contribution in [3.05, 3.63) is 35.9 Å². The molecule has 0 bridgehead atoms. The molecule has 1 unspecified atom stereocenters. The van der Waals surface area contributed by atoms with E-state index in [-0.39, 0.29) is 5.25 Å². The summed E-state index contributed by atoms with van der Waals surface area (Å²) < 4.78 is 0. The van der Waals surface area contributed by atoms with Crippen molar-refractivity contribution in [3.63, 3.8) is 0 Å². The van der Waals surface area contributed by atoms with Crippen molar-refractivity contribution in [1.29, 1.82) is 0 Å². The van der Waals surface area contributed by atoms with Crippen LogP contribution in [-0.2, 0) is 11.3 Å². The van der Waals surface area contributed by atoms with Crippen LogP contribution in [0.1, 0.15) is 18.4 Å². The molecule has 1 heterocycles. The van der Waals surface area contributed by atoms with Gasteiger partial charge in [0.25, 0.3) is 0 Å². The van der Waals surface area contributed by atoms with E-state index in [0.717, 1.165) is 30.6 Å². The van der Waals surface area contributed by atoms with Gasteiger partial charge in [0.05, 0.1) is 5.25 Å². The van der Waals surface area contributed by atoms with Gasteiger partial charge in [0.1, 0.15) is 0 Å². The van der Waals surface area contributed by atoms with Crippen LogP contribution < -0.4 is 0 Å². The van der Waals surface area contributed by atoms with Crippen molar-refractivity contribution in [2.75, 3.05) is 17.6 Å². The molecule has 2 rings (SSSR count). The molecule has 0 N–H and O–H groups in total. The zero-order chi connectivity index (χ0) is 12.8. The van der Waals surface area contributed by atoms with E-state index < -0.39 is 0 Å². The van der Waals surface area contributed by atoms with E-state index in [4.69, 9.17) is 0 Å². The lowest BCUT2D eigenvalue weighted by Crippen LogP contribution is -2.37. The van der Waals surface area contributed by atoms with E-state index in [1.54, 1.807) is 0 Å². The average molecular weight is 328 g/mol. The number of halogens is 1. The Morgan fingerprint density at radius 3 is 2.78 bits per heavy atom. The summed E-state index contributed by atoms with van der Waals surface area (Å²) >= 11 is 5.25. The van der Waals surface area contributed by atoms with E-state index in [2.05, 4.69) is 28.1 Å². The summed E-state index contributed by atoms with van der Waals surface area (Å²) in [6, 6.07) is 10.2. The molecule has 0 aliphatic carbocycles. The number of carbonyl (C=O) groups excluding carboxylic acids is 1. The molecule has 1 saturated heterocycles. The van der Waals surface area contributed by atoms with Crippen LogP contribution in [0.2, 0.25) is 0 Å². The van der Waals surface area contributed by atoms with Gasteiger partial charge in [-0.1, -0.05) is 46.3 Å². The second kappa shape index (κ2) is 7.19. The Morgan fingerprint density at radius 2 is 2.17 bits per heavy atom. The second-order valence-electron chi connectivity index (χ2n) is 4.44. The highest BCUT2D eigenvalue weighted by atomic mass is 79.9. The van der Waals surface area contributed by atoms with Gasteiger partial charge in [-0.2, -0.15) is 0 Å². The molecule has 1 aliphatic heterocycles. The van der Waals surface area contributed by atoms with Crippen molar-refractivity contribution in [1.82, 2.24) is 4.90 Å². The topological polar surface area (TPSA) is 20.3 Å². The lowest BCUT2D eigenvalue weighted by atomic mass is 10.2. The summed E-state index contributed by atoms with van der Waals surface area (Å²) in [5.74, 6) is 1.44. The zero-order valence-electron chi connectivity index (χ0n) is 10.3. The molecule has 1 amide bonds. The first kappa shape index (κ1) is 13.9. The van der Waals surface area contributed by atoms with Crippen LogP contribution in [0.3, 0.4) is 0 Å². The van der Waals surface area contributed by atoms with Crippen LogP contribution in [0.4, 0.5) is 0 Å². The highest BCUT2D eigenvalue weighted by Crippen LogP contribution is 2.28. The third-order valence-electron chi connectivity index (χ3n) is 3.09. The molecule has 18 heavy (non-hydrogen) atoms. The van der Waals surface area contributed by atoms with Crippen molar-refractivity contribution >= 4 is 33.6 Å². The Bertz CT molecular complexity index is 379. The summed E-state index contributed by atoms with van der Waals surface area (Å²) in [4.78, 5) is 14.4. The Balaban J connectivity index is 2.00. The molecule has 4 heteroatoms. The summed E-state index contributed by atoms with van der Waals surface area (Å²) in [5, 5.41) is 1.02. The second-order valence-corrected chi connectivity index (χ2v) is 6.54. The SMILES string of the molecule is O=C(C1CCCS1)N(CCBr)Cc1ccccc1. The Labute approximate surface area is 121 Å². The molecule has 1 aliphatic rings. The summed E-state index contributed by atoms with van der Waals surface area (Å²) in [7, 11) is 0. The van der Waals surface area contributed by atoms with E-state index >= 15 is 0 Å². The Morgan fingerprint density at radius 1 is 1.39 bits per heavy atom. The van der Waals surface area contributed by atoms with E-state index in [0.29, 0.717) is 5.91 Å². The molecule has 0 saturated carbocycles. The van der Waals surface area contributed by atoms with Gasteiger partial charge in [0.2, 0.25) is 5.91 Å². The first-order chi connectivity index (χ1) is 8.81. The van der Waals surface area contributed by atoms with Crippen LogP contribution in [-0.4, -0.2) is 33.7 Å². The largest absolute Gasteiger partial charge is 0.337 e. The molecule has 0 radical (unpaired) electrons. The highest BCUT2D eigenvalue weighted by molar-refractivity contribution is 9.09. The molecule has 2 nitrogen and oxygen atoms in total. The normalized spacial score (nSPS) is 18.8. The number of thioether (sulfide) groups is 1. The average Bonchev–Trinajstić information content (AvgIpc) is 2.92. The lowest BCUT2D eigenvalue weighted by molar-refractivity contribution is -0.130. The van der Waals surface area contributed by atoms with Crippen LogP contribution >= 0.6 is 27.7 Å². The number of hydrogen-bond donors (Lipinski definition) is 0. The molecular formula is C14H18BrNOS. The minimum Gasteiger partial charge on any atom is -0.337 e. The fourth-order valence-corrected chi connectivity index (χ4v) is 3.82. The van der Waals surface area contributed by atoms with Crippen LogP contribution in [0.25, 0.3) is 0 Å². The third kappa shape index (κ3) is 3.75.